The number of carbonyl (C=O) groups is 1. The topological polar surface area (TPSA) is 51.2 Å². The smallest absolute Gasteiger partial charge is 0.257 e. The molecule has 1 aromatic carbocycles. The molecule has 1 atom stereocenters. The van der Waals surface area contributed by atoms with Crippen molar-refractivity contribution in [1.29, 1.82) is 0 Å². The number of thioether (sulfide) groups is 1. The van der Waals surface area contributed by atoms with Gasteiger partial charge in [0.05, 0.1) is 5.56 Å². The Bertz CT molecular complexity index is 700. The number of carbonyl (C=O) groups excluding carboxylic acids is 1. The number of ether oxygens (including phenoxy) is 1. The summed E-state index contributed by atoms with van der Waals surface area (Å²) in [7, 11) is 0. The van der Waals surface area contributed by atoms with Crippen molar-refractivity contribution in [1.82, 2.24) is 4.98 Å². The Hall–Kier alpha value is -1.72. The first-order chi connectivity index (χ1) is 11.1. The molecule has 6 heteroatoms. The Labute approximate surface area is 144 Å². The van der Waals surface area contributed by atoms with E-state index in [1.54, 1.807) is 18.2 Å². The lowest BCUT2D eigenvalue weighted by molar-refractivity contribution is 0.102. The molecule has 1 unspecified atom stereocenters. The molecule has 3 rings (SSSR count). The van der Waals surface area contributed by atoms with Gasteiger partial charge >= 0.3 is 0 Å². The number of halogens is 1. The highest BCUT2D eigenvalue weighted by molar-refractivity contribution is 7.99. The van der Waals surface area contributed by atoms with Crippen LogP contribution in [-0.4, -0.2) is 28.5 Å². The molecule has 1 aromatic heterocycles. The second-order valence-corrected chi connectivity index (χ2v) is 6.96. The van der Waals surface area contributed by atoms with Crippen LogP contribution in [0.15, 0.2) is 36.5 Å². The van der Waals surface area contributed by atoms with E-state index in [-0.39, 0.29) is 12.0 Å². The summed E-state index contributed by atoms with van der Waals surface area (Å²) < 4.78 is 5.78. The molecule has 120 valence electrons. The van der Waals surface area contributed by atoms with Gasteiger partial charge in [-0.15, -0.1) is 0 Å². The summed E-state index contributed by atoms with van der Waals surface area (Å²) in [6.07, 6.45) is 2.80. The summed E-state index contributed by atoms with van der Waals surface area (Å²) in [6, 6.07) is 8.88. The number of nitrogens with zero attached hydrogens (tertiary/aromatic N) is 1. The van der Waals surface area contributed by atoms with E-state index >= 15 is 0 Å². The molecule has 1 aliphatic heterocycles. The maximum absolute atomic E-state index is 12.2. The van der Waals surface area contributed by atoms with Gasteiger partial charge in [0.25, 0.3) is 5.91 Å². The minimum Gasteiger partial charge on any atom is -0.473 e. The average Bonchev–Trinajstić information content (AvgIpc) is 3.04. The standard InChI is InChI=1S/C17H17ClN2O2S/c1-11-2-4-13(8-15(11)18)20-17(21)12-3-5-16(19-9-12)22-14-6-7-23-10-14/h2-5,8-9,14H,6-7,10H2,1H3,(H,20,21). The maximum Gasteiger partial charge on any atom is 0.257 e. The zero-order valence-electron chi connectivity index (χ0n) is 12.7. The first kappa shape index (κ1) is 16.1. The van der Waals surface area contributed by atoms with Gasteiger partial charge in [0.15, 0.2) is 0 Å². The fraction of sp³-hybridized carbons (Fsp3) is 0.294. The Balaban J connectivity index is 1.63. The second kappa shape index (κ2) is 7.23. The first-order valence-electron chi connectivity index (χ1n) is 7.40. The molecule has 1 aliphatic rings. The van der Waals surface area contributed by atoms with Crippen molar-refractivity contribution in [3.05, 3.63) is 52.7 Å². The summed E-state index contributed by atoms with van der Waals surface area (Å²) >= 11 is 7.95. The third-order valence-corrected chi connectivity index (χ3v) is 5.14. The Morgan fingerprint density at radius 1 is 1.39 bits per heavy atom. The van der Waals surface area contributed by atoms with E-state index in [0.29, 0.717) is 22.2 Å². The van der Waals surface area contributed by atoms with Gasteiger partial charge < -0.3 is 10.1 Å². The van der Waals surface area contributed by atoms with Crippen LogP contribution in [0, 0.1) is 6.92 Å². The minimum atomic E-state index is -0.222. The highest BCUT2D eigenvalue weighted by Crippen LogP contribution is 2.23. The molecule has 2 heterocycles. The second-order valence-electron chi connectivity index (χ2n) is 5.41. The van der Waals surface area contributed by atoms with Crippen molar-refractivity contribution in [2.45, 2.75) is 19.4 Å². The van der Waals surface area contributed by atoms with Crippen LogP contribution in [0.25, 0.3) is 0 Å². The number of benzene rings is 1. The number of pyridine rings is 1. The van der Waals surface area contributed by atoms with Gasteiger partial charge in [0, 0.05) is 28.7 Å². The van der Waals surface area contributed by atoms with Crippen LogP contribution < -0.4 is 10.1 Å². The first-order valence-corrected chi connectivity index (χ1v) is 8.93. The van der Waals surface area contributed by atoms with Crippen molar-refractivity contribution in [2.24, 2.45) is 0 Å². The van der Waals surface area contributed by atoms with E-state index < -0.39 is 0 Å². The normalized spacial score (nSPS) is 17.0. The van der Waals surface area contributed by atoms with E-state index in [9.17, 15) is 4.79 Å². The molecule has 1 N–H and O–H groups in total. The highest BCUT2D eigenvalue weighted by atomic mass is 35.5. The van der Waals surface area contributed by atoms with Crippen molar-refractivity contribution >= 4 is 35.0 Å². The third-order valence-electron chi connectivity index (χ3n) is 3.60. The number of hydrogen-bond donors (Lipinski definition) is 1. The molecule has 0 bridgehead atoms. The maximum atomic E-state index is 12.2. The summed E-state index contributed by atoms with van der Waals surface area (Å²) in [4.78, 5) is 16.4. The molecule has 1 fully saturated rings. The van der Waals surface area contributed by atoms with Gasteiger partial charge in [0.1, 0.15) is 6.10 Å². The lowest BCUT2D eigenvalue weighted by atomic mass is 10.2. The number of rotatable bonds is 4. The van der Waals surface area contributed by atoms with Gasteiger partial charge in [-0.3, -0.25) is 4.79 Å². The molecular formula is C17H17ClN2O2S. The molecule has 23 heavy (non-hydrogen) atoms. The van der Waals surface area contributed by atoms with E-state index in [2.05, 4.69) is 10.3 Å². The van der Waals surface area contributed by atoms with Gasteiger partial charge in [-0.1, -0.05) is 17.7 Å². The van der Waals surface area contributed by atoms with Crippen molar-refractivity contribution in [3.63, 3.8) is 0 Å². The predicted molar refractivity (Wildman–Crippen MR) is 94.7 cm³/mol. The Morgan fingerprint density at radius 3 is 2.91 bits per heavy atom. The van der Waals surface area contributed by atoms with E-state index in [4.69, 9.17) is 16.3 Å². The van der Waals surface area contributed by atoms with Crippen LogP contribution in [-0.2, 0) is 0 Å². The third kappa shape index (κ3) is 4.18. The fourth-order valence-electron chi connectivity index (χ4n) is 2.23. The molecule has 1 amide bonds. The molecule has 0 aliphatic carbocycles. The SMILES string of the molecule is Cc1ccc(NC(=O)c2ccc(OC3CCSC3)nc2)cc1Cl. The molecule has 0 spiro atoms. The molecular weight excluding hydrogens is 332 g/mol. The zero-order valence-corrected chi connectivity index (χ0v) is 14.3. The number of aryl methyl sites for hydroxylation is 1. The largest absolute Gasteiger partial charge is 0.473 e. The van der Waals surface area contributed by atoms with Gasteiger partial charge in [-0.25, -0.2) is 4.98 Å². The van der Waals surface area contributed by atoms with Crippen molar-refractivity contribution in [3.8, 4) is 5.88 Å². The van der Waals surface area contributed by atoms with Gasteiger partial charge in [-0.2, -0.15) is 11.8 Å². The number of aromatic nitrogens is 1. The van der Waals surface area contributed by atoms with E-state index in [0.717, 1.165) is 23.5 Å². The van der Waals surface area contributed by atoms with Crippen LogP contribution in [0.1, 0.15) is 22.3 Å². The van der Waals surface area contributed by atoms with Crippen molar-refractivity contribution in [2.75, 3.05) is 16.8 Å². The quantitative estimate of drug-likeness (QED) is 0.900. The number of nitrogens with one attached hydrogen (secondary N) is 1. The average molecular weight is 349 g/mol. The summed E-state index contributed by atoms with van der Waals surface area (Å²) in [5.41, 5.74) is 2.11. The molecule has 2 aromatic rings. The lowest BCUT2D eigenvalue weighted by Gasteiger charge is -2.11. The number of amides is 1. The molecule has 0 saturated carbocycles. The monoisotopic (exact) mass is 348 g/mol. The lowest BCUT2D eigenvalue weighted by Crippen LogP contribution is -2.16. The minimum absolute atomic E-state index is 0.222. The fourth-order valence-corrected chi connectivity index (χ4v) is 3.51. The highest BCUT2D eigenvalue weighted by Gasteiger charge is 2.17. The summed E-state index contributed by atoms with van der Waals surface area (Å²) in [5, 5.41) is 3.44. The van der Waals surface area contributed by atoms with Crippen LogP contribution in [0.3, 0.4) is 0 Å². The van der Waals surface area contributed by atoms with Gasteiger partial charge in [-0.05, 0) is 42.9 Å². The molecule has 4 nitrogen and oxygen atoms in total. The number of hydrogen-bond acceptors (Lipinski definition) is 4. The molecule has 1 saturated heterocycles. The zero-order chi connectivity index (χ0) is 16.2. The predicted octanol–water partition coefficient (Wildman–Crippen LogP) is 4.18. The van der Waals surface area contributed by atoms with E-state index in [1.165, 1.54) is 6.20 Å². The molecule has 0 radical (unpaired) electrons. The van der Waals surface area contributed by atoms with Crippen molar-refractivity contribution < 1.29 is 9.53 Å². The summed E-state index contributed by atoms with van der Waals surface area (Å²) in [5.74, 6) is 2.47. The van der Waals surface area contributed by atoms with Crippen LogP contribution in [0.5, 0.6) is 5.88 Å². The van der Waals surface area contributed by atoms with Gasteiger partial charge in [0.2, 0.25) is 5.88 Å². The Morgan fingerprint density at radius 2 is 2.26 bits per heavy atom. The van der Waals surface area contributed by atoms with Crippen LogP contribution in [0.4, 0.5) is 5.69 Å². The van der Waals surface area contributed by atoms with Crippen LogP contribution in [0.2, 0.25) is 5.02 Å². The number of anilines is 1. The summed E-state index contributed by atoms with van der Waals surface area (Å²) in [6.45, 7) is 1.92. The van der Waals surface area contributed by atoms with E-state index in [1.807, 2.05) is 30.8 Å². The Kier molecular flexibility index (Phi) is 5.08. The van der Waals surface area contributed by atoms with Crippen LogP contribution >= 0.6 is 23.4 Å².